The number of nitrogens with one attached hydrogen (secondary N) is 1. The van der Waals surface area contributed by atoms with Crippen molar-refractivity contribution in [1.82, 2.24) is 5.32 Å². The van der Waals surface area contributed by atoms with Gasteiger partial charge >= 0.3 is 0 Å². The lowest BCUT2D eigenvalue weighted by Crippen LogP contribution is -2.43. The molecule has 4 nitrogen and oxygen atoms in total. The Kier molecular flexibility index (Phi) is 4.02. The van der Waals surface area contributed by atoms with E-state index in [1.807, 2.05) is 0 Å². The number of hydrogen-bond donors (Lipinski definition) is 1. The fraction of sp³-hybridized carbons (Fsp3) is 0.286. The third-order valence-corrected chi connectivity index (χ3v) is 2.89. The molecule has 0 radical (unpaired) electrons. The van der Waals surface area contributed by atoms with Crippen LogP contribution in [0, 0.1) is 0 Å². The number of carbonyl (C=O) groups excluding carboxylic acids is 2. The Bertz CT molecular complexity index is 476. The molecule has 0 saturated carbocycles. The van der Waals surface area contributed by atoms with E-state index in [1.165, 1.54) is 0 Å². The Morgan fingerprint density at radius 3 is 3.00 bits per heavy atom. The van der Waals surface area contributed by atoms with Crippen molar-refractivity contribution in [3.63, 3.8) is 0 Å². The van der Waals surface area contributed by atoms with Crippen molar-refractivity contribution in [1.29, 1.82) is 0 Å². The van der Waals surface area contributed by atoms with Crippen LogP contribution in [0.4, 0.5) is 0 Å². The average molecular weight is 245 g/mol. The molecule has 0 aliphatic carbocycles. The predicted molar refractivity (Wildman–Crippen MR) is 68.5 cm³/mol. The first-order valence-electron chi connectivity index (χ1n) is 5.83. The largest absolute Gasteiger partial charge is 0.367 e. The molecule has 1 aliphatic heterocycles. The summed E-state index contributed by atoms with van der Waals surface area (Å²) in [5, 5.41) is 3.10. The quantitative estimate of drug-likeness (QED) is 0.637. The maximum Gasteiger partial charge on any atom is 0.192 e. The summed E-state index contributed by atoms with van der Waals surface area (Å²) in [4.78, 5) is 22.8. The molecule has 0 bridgehead atoms. The van der Waals surface area contributed by atoms with Gasteiger partial charge in [0, 0.05) is 24.2 Å². The highest BCUT2D eigenvalue weighted by Crippen LogP contribution is 2.17. The van der Waals surface area contributed by atoms with E-state index in [4.69, 9.17) is 4.74 Å². The van der Waals surface area contributed by atoms with E-state index in [0.717, 1.165) is 12.8 Å². The Balaban J connectivity index is 2.14. The SMILES string of the molecule is C=C(C(=O)C1CNCCO1)c1cccc(C=O)c1. The molecule has 4 heteroatoms. The van der Waals surface area contributed by atoms with Crippen LogP contribution in [0.25, 0.3) is 5.57 Å². The first-order chi connectivity index (χ1) is 8.72. The van der Waals surface area contributed by atoms with Crippen molar-refractivity contribution in [3.05, 3.63) is 42.0 Å². The number of benzene rings is 1. The molecule has 0 spiro atoms. The molecule has 1 aromatic carbocycles. The minimum atomic E-state index is -0.480. The van der Waals surface area contributed by atoms with Gasteiger partial charge in [-0.2, -0.15) is 0 Å². The second kappa shape index (κ2) is 5.71. The molecule has 1 N–H and O–H groups in total. The molecule has 94 valence electrons. The van der Waals surface area contributed by atoms with Crippen LogP contribution in [0.1, 0.15) is 15.9 Å². The van der Waals surface area contributed by atoms with E-state index in [1.54, 1.807) is 24.3 Å². The summed E-state index contributed by atoms with van der Waals surface area (Å²) in [6.07, 6.45) is 0.269. The Hall–Kier alpha value is -1.78. The predicted octanol–water partition coefficient (Wildman–Crippen LogP) is 1.07. The maximum absolute atomic E-state index is 12.1. The van der Waals surface area contributed by atoms with Gasteiger partial charge in [-0.25, -0.2) is 0 Å². The minimum Gasteiger partial charge on any atom is -0.367 e. The first-order valence-corrected chi connectivity index (χ1v) is 5.83. The number of ether oxygens (including phenoxy) is 1. The molecular weight excluding hydrogens is 230 g/mol. The highest BCUT2D eigenvalue weighted by Gasteiger charge is 2.24. The van der Waals surface area contributed by atoms with Crippen molar-refractivity contribution in [2.45, 2.75) is 6.10 Å². The zero-order valence-electron chi connectivity index (χ0n) is 10.0. The second-order valence-electron chi connectivity index (χ2n) is 4.15. The lowest BCUT2D eigenvalue weighted by atomic mass is 9.98. The van der Waals surface area contributed by atoms with Crippen LogP contribution >= 0.6 is 0 Å². The molecule has 1 atom stereocenters. The second-order valence-corrected chi connectivity index (χ2v) is 4.15. The zero-order chi connectivity index (χ0) is 13.0. The third kappa shape index (κ3) is 2.72. The van der Waals surface area contributed by atoms with Crippen LogP contribution in [0.15, 0.2) is 30.8 Å². The number of hydrogen-bond acceptors (Lipinski definition) is 4. The third-order valence-electron chi connectivity index (χ3n) is 2.89. The van der Waals surface area contributed by atoms with Gasteiger partial charge in [-0.3, -0.25) is 9.59 Å². The van der Waals surface area contributed by atoms with Gasteiger partial charge in [-0.1, -0.05) is 24.8 Å². The summed E-state index contributed by atoms with van der Waals surface area (Å²) in [6, 6.07) is 6.84. The Labute approximate surface area is 106 Å². The van der Waals surface area contributed by atoms with Crippen LogP contribution in [0.5, 0.6) is 0 Å². The minimum absolute atomic E-state index is 0.134. The van der Waals surface area contributed by atoms with Gasteiger partial charge in [0.25, 0.3) is 0 Å². The van der Waals surface area contributed by atoms with E-state index in [2.05, 4.69) is 11.9 Å². The van der Waals surface area contributed by atoms with Crippen molar-refractivity contribution in [2.75, 3.05) is 19.7 Å². The topological polar surface area (TPSA) is 55.4 Å². The van der Waals surface area contributed by atoms with E-state index in [-0.39, 0.29) is 5.78 Å². The van der Waals surface area contributed by atoms with Crippen molar-refractivity contribution in [3.8, 4) is 0 Å². The van der Waals surface area contributed by atoms with Crippen molar-refractivity contribution in [2.24, 2.45) is 0 Å². The van der Waals surface area contributed by atoms with Crippen molar-refractivity contribution < 1.29 is 14.3 Å². The maximum atomic E-state index is 12.1. The standard InChI is InChI=1S/C14H15NO3/c1-10(12-4-2-3-11(7-12)9-16)14(17)13-8-15-5-6-18-13/h2-4,7,9,13,15H,1,5-6,8H2. The van der Waals surface area contributed by atoms with Crippen LogP contribution in [0.3, 0.4) is 0 Å². The van der Waals surface area contributed by atoms with Crippen LogP contribution in [-0.4, -0.2) is 37.9 Å². The van der Waals surface area contributed by atoms with Gasteiger partial charge in [0.15, 0.2) is 5.78 Å². The van der Waals surface area contributed by atoms with E-state index in [0.29, 0.717) is 29.9 Å². The summed E-state index contributed by atoms with van der Waals surface area (Å²) in [6.45, 7) is 5.59. The van der Waals surface area contributed by atoms with Crippen LogP contribution in [-0.2, 0) is 9.53 Å². The van der Waals surface area contributed by atoms with Crippen LogP contribution < -0.4 is 5.32 Å². The molecule has 2 rings (SSSR count). The molecule has 1 aromatic rings. The normalized spacial score (nSPS) is 19.2. The summed E-state index contributed by atoms with van der Waals surface area (Å²) >= 11 is 0. The van der Waals surface area contributed by atoms with Gasteiger partial charge in [0.1, 0.15) is 12.4 Å². The summed E-state index contributed by atoms with van der Waals surface area (Å²) in [5.41, 5.74) is 1.58. The molecule has 0 amide bonds. The molecule has 1 unspecified atom stereocenters. The van der Waals surface area contributed by atoms with Gasteiger partial charge in [-0.15, -0.1) is 0 Å². The Morgan fingerprint density at radius 2 is 2.33 bits per heavy atom. The number of rotatable bonds is 4. The lowest BCUT2D eigenvalue weighted by Gasteiger charge is -2.23. The molecular formula is C14H15NO3. The van der Waals surface area contributed by atoms with Gasteiger partial charge in [0.2, 0.25) is 0 Å². The van der Waals surface area contributed by atoms with Gasteiger partial charge in [0.05, 0.1) is 6.61 Å². The van der Waals surface area contributed by atoms with Gasteiger partial charge < -0.3 is 10.1 Å². The highest BCUT2D eigenvalue weighted by atomic mass is 16.5. The highest BCUT2D eigenvalue weighted by molar-refractivity contribution is 6.22. The van der Waals surface area contributed by atoms with Crippen molar-refractivity contribution >= 4 is 17.6 Å². The van der Waals surface area contributed by atoms with E-state index in [9.17, 15) is 9.59 Å². The molecule has 1 aliphatic rings. The number of aldehydes is 1. The lowest BCUT2D eigenvalue weighted by molar-refractivity contribution is -0.126. The molecule has 18 heavy (non-hydrogen) atoms. The number of carbonyl (C=O) groups is 2. The molecule has 1 heterocycles. The van der Waals surface area contributed by atoms with E-state index >= 15 is 0 Å². The molecule has 0 aromatic heterocycles. The molecule has 1 fully saturated rings. The smallest absolute Gasteiger partial charge is 0.192 e. The van der Waals surface area contributed by atoms with Gasteiger partial charge in [-0.05, 0) is 11.6 Å². The Morgan fingerprint density at radius 1 is 1.50 bits per heavy atom. The van der Waals surface area contributed by atoms with E-state index < -0.39 is 6.10 Å². The zero-order valence-corrected chi connectivity index (χ0v) is 10.0. The fourth-order valence-corrected chi connectivity index (χ4v) is 1.87. The summed E-state index contributed by atoms with van der Waals surface area (Å²) < 4.78 is 5.40. The number of ketones is 1. The fourth-order valence-electron chi connectivity index (χ4n) is 1.87. The molecule has 1 saturated heterocycles. The van der Waals surface area contributed by atoms with Crippen LogP contribution in [0.2, 0.25) is 0 Å². The first kappa shape index (κ1) is 12.7. The monoisotopic (exact) mass is 245 g/mol. The number of Topliss-reactive ketones (excluding diaryl/α,β-unsaturated/α-hetero) is 1. The summed E-state index contributed by atoms with van der Waals surface area (Å²) in [5.74, 6) is -0.134. The number of morpholine rings is 1. The average Bonchev–Trinajstić information content (AvgIpc) is 2.46. The summed E-state index contributed by atoms with van der Waals surface area (Å²) in [7, 11) is 0.